The normalized spacial score (nSPS) is 21.7. The molecule has 4 rings (SSSR count). The second kappa shape index (κ2) is 5.17. The van der Waals surface area contributed by atoms with Crippen molar-refractivity contribution in [3.8, 4) is 11.3 Å². The molecule has 2 fully saturated rings. The largest absolute Gasteiger partial charge is 0.256 e. The minimum absolute atomic E-state index is 1.09. The molecule has 0 aliphatic carbocycles. The van der Waals surface area contributed by atoms with Crippen molar-refractivity contribution in [2.45, 2.75) is 50.1 Å². The monoisotopic (exact) mass is 323 g/mol. The Kier molecular flexibility index (Phi) is 3.38. The Bertz CT molecular complexity index is 685. The fraction of sp³-hybridized carbons (Fsp3) is 0.421. The molecule has 0 N–H and O–H groups in total. The van der Waals surface area contributed by atoms with Crippen molar-refractivity contribution in [3.05, 3.63) is 42.6 Å². The number of aromatic nitrogens is 1. The van der Waals surface area contributed by atoms with E-state index in [1.165, 1.54) is 42.6 Å². The van der Waals surface area contributed by atoms with Crippen LogP contribution >= 0.6 is 0 Å². The Balaban J connectivity index is 1.63. The van der Waals surface area contributed by atoms with Gasteiger partial charge in [0.25, 0.3) is 0 Å². The van der Waals surface area contributed by atoms with E-state index in [1.54, 1.807) is 10.4 Å². The summed E-state index contributed by atoms with van der Waals surface area (Å²) in [5.41, 5.74) is 2.46. The predicted molar refractivity (Wildman–Crippen MR) is 101 cm³/mol. The van der Waals surface area contributed by atoms with Crippen LogP contribution < -0.4 is 10.4 Å². The number of hydrogen-bond donors (Lipinski definition) is 0. The van der Waals surface area contributed by atoms with E-state index in [1.807, 2.05) is 0 Å². The molecule has 0 atom stereocenters. The fourth-order valence-electron chi connectivity index (χ4n) is 3.97. The summed E-state index contributed by atoms with van der Waals surface area (Å²) < 4.78 is 0. The van der Waals surface area contributed by atoms with Gasteiger partial charge in [0.05, 0.1) is 21.8 Å². The van der Waals surface area contributed by atoms with Crippen LogP contribution in [0.3, 0.4) is 0 Å². The standard InChI is InChI=1S/C19H25NSi2/c1-21(10-4-11-21)17-7-3-6-16(14-17)19-9-8-18(15-20-19)22(2)12-5-13-22/h3,6-9,14-15H,4-5,10-13H2,1-2H3. The van der Waals surface area contributed by atoms with E-state index in [4.69, 9.17) is 4.98 Å². The van der Waals surface area contributed by atoms with Crippen molar-refractivity contribution in [2.24, 2.45) is 0 Å². The minimum Gasteiger partial charge on any atom is -0.256 e. The maximum absolute atomic E-state index is 4.81. The summed E-state index contributed by atoms with van der Waals surface area (Å²) in [5, 5.41) is 3.18. The van der Waals surface area contributed by atoms with Crippen molar-refractivity contribution in [3.63, 3.8) is 0 Å². The number of benzene rings is 1. The summed E-state index contributed by atoms with van der Waals surface area (Å²) >= 11 is 0. The van der Waals surface area contributed by atoms with E-state index >= 15 is 0 Å². The van der Waals surface area contributed by atoms with Gasteiger partial charge in [0.2, 0.25) is 0 Å². The van der Waals surface area contributed by atoms with Gasteiger partial charge in [0, 0.05) is 6.20 Å². The van der Waals surface area contributed by atoms with Gasteiger partial charge < -0.3 is 0 Å². The maximum Gasteiger partial charge on any atom is 0.0856 e. The van der Waals surface area contributed by atoms with Gasteiger partial charge in [-0.2, -0.15) is 0 Å². The first kappa shape index (κ1) is 14.4. The first-order valence-electron chi connectivity index (χ1n) is 8.67. The number of rotatable bonds is 3. The summed E-state index contributed by atoms with van der Waals surface area (Å²) in [6.45, 7) is 5.05. The predicted octanol–water partition coefficient (Wildman–Crippen LogP) is 4.13. The highest BCUT2D eigenvalue weighted by molar-refractivity contribution is 6.93. The number of pyridine rings is 1. The van der Waals surface area contributed by atoms with Crippen molar-refractivity contribution in [1.82, 2.24) is 4.98 Å². The topological polar surface area (TPSA) is 12.9 Å². The van der Waals surface area contributed by atoms with Crippen molar-refractivity contribution >= 4 is 26.5 Å². The summed E-state index contributed by atoms with van der Waals surface area (Å²) in [4.78, 5) is 4.81. The first-order valence-corrected chi connectivity index (χ1v) is 14.5. The maximum atomic E-state index is 4.81. The molecule has 0 saturated carbocycles. The number of nitrogens with zero attached hydrogens (tertiary/aromatic N) is 1. The molecule has 0 radical (unpaired) electrons. The van der Waals surface area contributed by atoms with Crippen LogP contribution in [0, 0.1) is 0 Å². The molecule has 0 unspecified atom stereocenters. The SMILES string of the molecule is C[Si]1(c2ccc(-c3cccc([Si]4(C)CCC4)c3)nc2)CCC1. The van der Waals surface area contributed by atoms with Crippen LogP contribution in [0.15, 0.2) is 42.6 Å². The van der Waals surface area contributed by atoms with Crippen LogP contribution in [0.2, 0.25) is 37.3 Å². The van der Waals surface area contributed by atoms with Crippen molar-refractivity contribution in [1.29, 1.82) is 0 Å². The van der Waals surface area contributed by atoms with Gasteiger partial charge in [0.15, 0.2) is 0 Å². The third-order valence-corrected chi connectivity index (χ3v) is 15.5. The van der Waals surface area contributed by atoms with E-state index in [9.17, 15) is 0 Å². The lowest BCUT2D eigenvalue weighted by atomic mass is 10.1. The molecular weight excluding hydrogens is 298 g/mol. The van der Waals surface area contributed by atoms with E-state index in [0.717, 1.165) is 5.69 Å². The Morgan fingerprint density at radius 1 is 0.818 bits per heavy atom. The second-order valence-electron chi connectivity index (χ2n) is 7.84. The summed E-state index contributed by atoms with van der Waals surface area (Å²) in [6.07, 6.45) is 5.04. The molecular formula is C19H25NSi2. The molecule has 2 aromatic rings. The first-order chi connectivity index (χ1) is 10.6. The Morgan fingerprint density at radius 2 is 1.50 bits per heavy atom. The molecule has 0 bridgehead atoms. The van der Waals surface area contributed by atoms with Gasteiger partial charge in [0.1, 0.15) is 0 Å². The van der Waals surface area contributed by atoms with Crippen molar-refractivity contribution in [2.75, 3.05) is 0 Å². The zero-order valence-electron chi connectivity index (χ0n) is 13.7. The van der Waals surface area contributed by atoms with E-state index in [0.29, 0.717) is 0 Å². The van der Waals surface area contributed by atoms with Crippen LogP contribution in [-0.4, -0.2) is 21.1 Å². The third kappa shape index (κ3) is 2.31. The van der Waals surface area contributed by atoms with Gasteiger partial charge in [-0.15, -0.1) is 0 Å². The Morgan fingerprint density at radius 3 is 2.05 bits per heavy atom. The highest BCUT2D eigenvalue weighted by atomic mass is 28.3. The zero-order chi connectivity index (χ0) is 15.2. The third-order valence-electron chi connectivity index (χ3n) is 6.23. The fourth-order valence-corrected chi connectivity index (χ4v) is 9.81. The molecule has 0 spiro atoms. The number of hydrogen-bond acceptors (Lipinski definition) is 1. The smallest absolute Gasteiger partial charge is 0.0856 e. The lowest BCUT2D eigenvalue weighted by Crippen LogP contribution is -2.50. The molecule has 2 saturated heterocycles. The van der Waals surface area contributed by atoms with Gasteiger partial charge in [-0.1, -0.05) is 85.6 Å². The molecule has 0 amide bonds. The molecule has 114 valence electrons. The average Bonchev–Trinajstić information content (AvgIpc) is 2.50. The summed E-state index contributed by atoms with van der Waals surface area (Å²) in [6, 6.07) is 19.7. The molecule has 1 aromatic heterocycles. The van der Waals surface area contributed by atoms with Crippen LogP contribution in [0.25, 0.3) is 11.3 Å². The molecule has 3 heteroatoms. The van der Waals surface area contributed by atoms with E-state index < -0.39 is 16.1 Å². The van der Waals surface area contributed by atoms with Crippen LogP contribution in [-0.2, 0) is 0 Å². The molecule has 1 nitrogen and oxygen atoms in total. The molecule has 3 heterocycles. The summed E-state index contributed by atoms with van der Waals surface area (Å²) in [7, 11) is -2.19. The molecule has 22 heavy (non-hydrogen) atoms. The highest BCUT2D eigenvalue weighted by Crippen LogP contribution is 2.33. The Hall–Kier alpha value is -1.20. The van der Waals surface area contributed by atoms with Gasteiger partial charge in [-0.3, -0.25) is 4.98 Å². The lowest BCUT2D eigenvalue weighted by Gasteiger charge is -2.37. The minimum atomic E-state index is -1.10. The van der Waals surface area contributed by atoms with Gasteiger partial charge >= 0.3 is 0 Å². The highest BCUT2D eigenvalue weighted by Gasteiger charge is 2.37. The van der Waals surface area contributed by atoms with Crippen LogP contribution in [0.4, 0.5) is 0 Å². The van der Waals surface area contributed by atoms with Gasteiger partial charge in [-0.05, 0) is 16.8 Å². The average molecular weight is 324 g/mol. The second-order valence-corrected chi connectivity index (χ2v) is 17.2. The molecule has 1 aromatic carbocycles. The zero-order valence-corrected chi connectivity index (χ0v) is 15.7. The molecule has 2 aliphatic heterocycles. The van der Waals surface area contributed by atoms with E-state index in [-0.39, 0.29) is 0 Å². The van der Waals surface area contributed by atoms with Gasteiger partial charge in [-0.25, -0.2) is 0 Å². The molecule has 2 aliphatic rings. The van der Waals surface area contributed by atoms with E-state index in [2.05, 4.69) is 55.7 Å². The van der Waals surface area contributed by atoms with Crippen molar-refractivity contribution < 1.29 is 0 Å². The lowest BCUT2D eigenvalue weighted by molar-refractivity contribution is 0.916. The summed E-state index contributed by atoms with van der Waals surface area (Å²) in [5.74, 6) is 0. The Labute approximate surface area is 135 Å². The van der Waals surface area contributed by atoms with Crippen LogP contribution in [0.1, 0.15) is 12.8 Å². The quantitative estimate of drug-likeness (QED) is 0.774. The van der Waals surface area contributed by atoms with Crippen LogP contribution in [0.5, 0.6) is 0 Å².